The zero-order valence-electron chi connectivity index (χ0n) is 13.5. The number of nitrogens with zero attached hydrogens (tertiary/aromatic N) is 1. The van der Waals surface area contributed by atoms with Crippen LogP contribution in [0.1, 0.15) is 12.5 Å². The van der Waals surface area contributed by atoms with Crippen molar-refractivity contribution in [1.82, 2.24) is 0 Å². The van der Waals surface area contributed by atoms with Crippen LogP contribution in [0.2, 0.25) is 5.02 Å². The van der Waals surface area contributed by atoms with Gasteiger partial charge in [0.05, 0.1) is 16.7 Å². The zero-order chi connectivity index (χ0) is 18.6. The number of carbonyl (C=O) groups excluding carboxylic acids is 1. The molecule has 0 aliphatic heterocycles. The van der Waals surface area contributed by atoms with E-state index >= 15 is 0 Å². The molecule has 0 bridgehead atoms. The number of halogens is 1. The lowest BCUT2D eigenvalue weighted by atomic mass is 10.2. The maximum atomic E-state index is 11.9. The van der Waals surface area contributed by atoms with Crippen LogP contribution in [0.3, 0.4) is 0 Å². The van der Waals surface area contributed by atoms with Crippen LogP contribution in [0.15, 0.2) is 42.5 Å². The smallest absolute Gasteiger partial charge is 0.242 e. The number of hydrogen-bond donors (Lipinski definition) is 1. The van der Waals surface area contributed by atoms with Crippen molar-refractivity contribution in [3.05, 3.63) is 53.1 Å². The van der Waals surface area contributed by atoms with E-state index in [1.165, 1.54) is 13.0 Å². The van der Waals surface area contributed by atoms with Gasteiger partial charge in [0.15, 0.2) is 9.84 Å². The fourth-order valence-corrected chi connectivity index (χ4v) is 2.49. The first-order valence-electron chi connectivity index (χ1n) is 7.18. The van der Waals surface area contributed by atoms with Gasteiger partial charge >= 0.3 is 0 Å². The Kier molecular flexibility index (Phi) is 5.67. The molecule has 0 aromatic heterocycles. The zero-order valence-corrected chi connectivity index (χ0v) is 15.1. The van der Waals surface area contributed by atoms with Crippen LogP contribution in [0.5, 0.6) is 11.5 Å². The minimum atomic E-state index is -3.48. The molecule has 0 spiro atoms. The Hall–Kier alpha value is -2.56. The summed E-state index contributed by atoms with van der Waals surface area (Å²) in [4.78, 5) is 11.9. The molecule has 1 atom stereocenters. The van der Waals surface area contributed by atoms with E-state index in [0.29, 0.717) is 22.7 Å². The summed E-state index contributed by atoms with van der Waals surface area (Å²) in [5.74, 6) is 0.225. The van der Waals surface area contributed by atoms with E-state index < -0.39 is 21.0 Å². The van der Waals surface area contributed by atoms with Gasteiger partial charge in [0, 0.05) is 11.9 Å². The largest absolute Gasteiger partial charge is 0.456 e. The fourth-order valence-electron chi connectivity index (χ4n) is 1.82. The second-order valence-corrected chi connectivity index (χ2v) is 8.12. The first-order valence-corrected chi connectivity index (χ1v) is 9.51. The highest BCUT2D eigenvalue weighted by Gasteiger charge is 2.23. The number of sulfone groups is 1. The molecule has 8 heteroatoms. The van der Waals surface area contributed by atoms with Crippen LogP contribution in [-0.2, 0) is 14.6 Å². The standard InChI is InChI=1S/C17H15ClN2O4S/c1-11(25(2,22)23)17(21)20-13-5-8-16(15(18)9-13)24-14-6-3-12(10-19)4-7-14/h3-9,11H,1-2H3,(H,20,21)/t11-/m0/s1. The molecule has 2 aromatic carbocycles. The number of benzene rings is 2. The van der Waals surface area contributed by atoms with Gasteiger partial charge < -0.3 is 10.1 Å². The first kappa shape index (κ1) is 18.8. The lowest BCUT2D eigenvalue weighted by Crippen LogP contribution is -2.31. The van der Waals surface area contributed by atoms with E-state index in [-0.39, 0.29) is 5.02 Å². The third-order valence-corrected chi connectivity index (χ3v) is 5.22. The van der Waals surface area contributed by atoms with Crippen LogP contribution >= 0.6 is 11.6 Å². The highest BCUT2D eigenvalue weighted by Crippen LogP contribution is 2.31. The van der Waals surface area contributed by atoms with Gasteiger partial charge in [-0.3, -0.25) is 4.79 Å². The molecular formula is C17H15ClN2O4S. The molecular weight excluding hydrogens is 364 g/mol. The monoisotopic (exact) mass is 378 g/mol. The molecule has 0 saturated heterocycles. The number of amides is 1. The summed E-state index contributed by atoms with van der Waals surface area (Å²) in [6, 6.07) is 13.1. The molecule has 0 heterocycles. The highest BCUT2D eigenvalue weighted by atomic mass is 35.5. The molecule has 0 fully saturated rings. The molecule has 1 N–H and O–H groups in total. The van der Waals surface area contributed by atoms with Gasteiger partial charge in [-0.2, -0.15) is 5.26 Å². The number of anilines is 1. The van der Waals surface area contributed by atoms with Gasteiger partial charge in [-0.25, -0.2) is 8.42 Å². The lowest BCUT2D eigenvalue weighted by Gasteiger charge is -2.12. The molecule has 2 aromatic rings. The Morgan fingerprint density at radius 1 is 1.24 bits per heavy atom. The lowest BCUT2D eigenvalue weighted by molar-refractivity contribution is -0.115. The van der Waals surface area contributed by atoms with Gasteiger partial charge in [0.2, 0.25) is 5.91 Å². The second-order valence-electron chi connectivity index (χ2n) is 5.34. The van der Waals surface area contributed by atoms with Crippen molar-refractivity contribution in [3.8, 4) is 17.6 Å². The van der Waals surface area contributed by atoms with Crippen LogP contribution in [-0.4, -0.2) is 25.8 Å². The van der Waals surface area contributed by atoms with Crippen molar-refractivity contribution < 1.29 is 17.9 Å². The van der Waals surface area contributed by atoms with Crippen LogP contribution < -0.4 is 10.1 Å². The van der Waals surface area contributed by atoms with Crippen molar-refractivity contribution in [2.24, 2.45) is 0 Å². The van der Waals surface area contributed by atoms with E-state index in [9.17, 15) is 13.2 Å². The molecule has 6 nitrogen and oxygen atoms in total. The minimum absolute atomic E-state index is 0.245. The van der Waals surface area contributed by atoms with Crippen LogP contribution in [0.4, 0.5) is 5.69 Å². The molecule has 0 aliphatic rings. The van der Waals surface area contributed by atoms with E-state index in [4.69, 9.17) is 21.6 Å². The molecule has 0 radical (unpaired) electrons. The Bertz CT molecular complexity index is 934. The molecule has 0 aliphatic carbocycles. The van der Waals surface area contributed by atoms with Crippen molar-refractivity contribution in [3.63, 3.8) is 0 Å². The number of carbonyl (C=O) groups is 1. The average Bonchev–Trinajstić information content (AvgIpc) is 2.56. The SMILES string of the molecule is C[C@@H](C(=O)Nc1ccc(Oc2ccc(C#N)cc2)c(Cl)c1)S(C)(=O)=O. The summed E-state index contributed by atoms with van der Waals surface area (Å²) in [5, 5.41) is 10.3. The van der Waals surface area contributed by atoms with E-state index in [1.807, 2.05) is 6.07 Å². The topological polar surface area (TPSA) is 96.3 Å². The summed E-state index contributed by atoms with van der Waals surface area (Å²) in [6.45, 7) is 1.31. The van der Waals surface area contributed by atoms with Gasteiger partial charge in [-0.15, -0.1) is 0 Å². The van der Waals surface area contributed by atoms with Gasteiger partial charge in [-0.1, -0.05) is 11.6 Å². The van der Waals surface area contributed by atoms with Gasteiger partial charge in [-0.05, 0) is 49.4 Å². The molecule has 1 amide bonds. The molecule has 0 saturated carbocycles. The van der Waals surface area contributed by atoms with Crippen molar-refractivity contribution in [1.29, 1.82) is 5.26 Å². The van der Waals surface area contributed by atoms with E-state index in [0.717, 1.165) is 6.26 Å². The summed E-state index contributed by atoms with van der Waals surface area (Å²) in [7, 11) is -3.48. The van der Waals surface area contributed by atoms with E-state index in [2.05, 4.69) is 5.32 Å². The summed E-state index contributed by atoms with van der Waals surface area (Å²) < 4.78 is 28.4. The summed E-state index contributed by atoms with van der Waals surface area (Å²) >= 11 is 6.14. The molecule has 2 rings (SSSR count). The first-order chi connectivity index (χ1) is 11.7. The van der Waals surface area contributed by atoms with Crippen LogP contribution in [0, 0.1) is 11.3 Å². The third-order valence-electron chi connectivity index (χ3n) is 3.42. The highest BCUT2D eigenvalue weighted by molar-refractivity contribution is 7.92. The quantitative estimate of drug-likeness (QED) is 0.860. The van der Waals surface area contributed by atoms with E-state index in [1.54, 1.807) is 36.4 Å². The average molecular weight is 379 g/mol. The molecule has 25 heavy (non-hydrogen) atoms. The molecule has 0 unspecified atom stereocenters. The second kappa shape index (κ2) is 7.55. The van der Waals surface area contributed by atoms with Gasteiger partial charge in [0.25, 0.3) is 0 Å². The maximum Gasteiger partial charge on any atom is 0.242 e. The van der Waals surface area contributed by atoms with Crippen molar-refractivity contribution in [2.75, 3.05) is 11.6 Å². The van der Waals surface area contributed by atoms with Crippen molar-refractivity contribution in [2.45, 2.75) is 12.2 Å². The normalized spacial score (nSPS) is 12.1. The Morgan fingerprint density at radius 2 is 1.88 bits per heavy atom. The fraction of sp³-hybridized carbons (Fsp3) is 0.176. The summed E-state index contributed by atoms with van der Waals surface area (Å²) in [6.07, 6.45) is 0.999. The van der Waals surface area contributed by atoms with Crippen molar-refractivity contribution >= 4 is 33.0 Å². The number of nitrogens with one attached hydrogen (secondary N) is 1. The Balaban J connectivity index is 2.12. The Morgan fingerprint density at radius 3 is 2.40 bits per heavy atom. The Labute approximate surface area is 150 Å². The number of hydrogen-bond acceptors (Lipinski definition) is 5. The predicted octanol–water partition coefficient (Wildman–Crippen LogP) is 3.38. The maximum absolute atomic E-state index is 11.9. The van der Waals surface area contributed by atoms with Gasteiger partial charge in [0.1, 0.15) is 16.7 Å². The minimum Gasteiger partial charge on any atom is -0.456 e. The number of nitriles is 1. The number of rotatable bonds is 5. The molecule has 130 valence electrons. The number of ether oxygens (including phenoxy) is 1. The van der Waals surface area contributed by atoms with Crippen LogP contribution in [0.25, 0.3) is 0 Å². The third kappa shape index (κ3) is 4.95. The predicted molar refractivity (Wildman–Crippen MR) is 95.6 cm³/mol. The summed E-state index contributed by atoms with van der Waals surface area (Å²) in [5.41, 5.74) is 0.870.